The highest BCUT2D eigenvalue weighted by Gasteiger charge is 2.18. The average molecular weight is 210 g/mol. The quantitative estimate of drug-likeness (QED) is 0.427. The molecule has 1 heterocycles. The van der Waals surface area contributed by atoms with Gasteiger partial charge in [0, 0.05) is 13.1 Å². The number of amides is 1. The molecule has 1 aliphatic heterocycles. The first-order valence-corrected chi connectivity index (χ1v) is 4.81. The van der Waals surface area contributed by atoms with E-state index in [2.05, 4.69) is 4.84 Å². The third-order valence-corrected chi connectivity index (χ3v) is 1.72. The number of thiol groups is 1. The van der Waals surface area contributed by atoms with Crippen LogP contribution in [0.4, 0.5) is 4.79 Å². The highest BCUT2D eigenvalue weighted by molar-refractivity contribution is 7.70. The fraction of sp³-hybridized carbons (Fsp3) is 0.800. The zero-order chi connectivity index (χ0) is 9.68. The topological polar surface area (TPSA) is 84.9 Å². The van der Waals surface area contributed by atoms with E-state index in [-0.39, 0.29) is 0 Å². The standard InChI is InChI=1S/C5H10N2O5S/c8-5(12-6-13(9)10)7-1-3-11-4-2-7/h13H,1-4H2,(H,6,9,10). The summed E-state index contributed by atoms with van der Waals surface area (Å²) in [5.74, 6) is 0. The van der Waals surface area contributed by atoms with Crippen LogP contribution in [-0.2, 0) is 20.5 Å². The van der Waals surface area contributed by atoms with Crippen molar-refractivity contribution in [3.8, 4) is 0 Å². The maximum atomic E-state index is 11.0. The van der Waals surface area contributed by atoms with Crippen LogP contribution in [0.15, 0.2) is 0 Å². The summed E-state index contributed by atoms with van der Waals surface area (Å²) in [6.07, 6.45) is -0.706. The lowest BCUT2D eigenvalue weighted by Gasteiger charge is -2.24. The van der Waals surface area contributed by atoms with Gasteiger partial charge in [-0.25, -0.2) is 13.2 Å². The number of morpholine rings is 1. The minimum absolute atomic E-state index is 0.413. The van der Waals surface area contributed by atoms with Crippen molar-refractivity contribution in [3.63, 3.8) is 0 Å². The summed E-state index contributed by atoms with van der Waals surface area (Å²) in [5, 5.41) is 0. The van der Waals surface area contributed by atoms with Gasteiger partial charge in [0.2, 0.25) is 10.9 Å². The largest absolute Gasteiger partial charge is 0.429 e. The molecule has 0 atom stereocenters. The number of nitrogens with one attached hydrogen (secondary N) is 1. The summed E-state index contributed by atoms with van der Waals surface area (Å²) in [6.45, 7) is 1.71. The molecule has 0 aliphatic carbocycles. The molecule has 0 spiro atoms. The average Bonchev–Trinajstić information content (AvgIpc) is 2.15. The van der Waals surface area contributed by atoms with Crippen LogP contribution in [0.1, 0.15) is 0 Å². The molecule has 76 valence electrons. The molecule has 1 fully saturated rings. The van der Waals surface area contributed by atoms with Gasteiger partial charge in [0.25, 0.3) is 0 Å². The molecule has 0 aromatic heterocycles. The molecule has 1 saturated heterocycles. The Morgan fingerprint density at radius 3 is 2.54 bits per heavy atom. The van der Waals surface area contributed by atoms with Gasteiger partial charge in [-0.05, 0) is 4.89 Å². The Hall–Kier alpha value is -0.860. The normalized spacial score (nSPS) is 17.5. The molecule has 0 aromatic rings. The van der Waals surface area contributed by atoms with E-state index in [0.717, 1.165) is 0 Å². The van der Waals surface area contributed by atoms with Crippen molar-refractivity contribution in [2.45, 2.75) is 0 Å². The van der Waals surface area contributed by atoms with Crippen molar-refractivity contribution in [2.75, 3.05) is 26.3 Å². The Bertz CT molecular complexity index is 239. The van der Waals surface area contributed by atoms with Crippen LogP contribution < -0.4 is 4.89 Å². The number of rotatable bonds is 2. The summed E-state index contributed by atoms with van der Waals surface area (Å²) in [6, 6.07) is 0. The first-order valence-electron chi connectivity index (χ1n) is 3.63. The molecular formula is C5H10N2O5S. The Morgan fingerprint density at radius 2 is 2.00 bits per heavy atom. The van der Waals surface area contributed by atoms with E-state index >= 15 is 0 Å². The predicted octanol–water partition coefficient (Wildman–Crippen LogP) is -1.51. The highest BCUT2D eigenvalue weighted by Crippen LogP contribution is 1.98. The summed E-state index contributed by atoms with van der Waals surface area (Å²) >= 11 is 0. The van der Waals surface area contributed by atoms with Crippen LogP contribution in [0, 0.1) is 0 Å². The molecule has 1 aliphatic rings. The van der Waals surface area contributed by atoms with Gasteiger partial charge >= 0.3 is 6.09 Å². The molecule has 0 aromatic carbocycles. The van der Waals surface area contributed by atoms with Gasteiger partial charge in [-0.2, -0.15) is 0 Å². The van der Waals surface area contributed by atoms with Crippen LogP contribution >= 0.6 is 0 Å². The number of hydrogen-bond acceptors (Lipinski definition) is 5. The number of carbonyl (C=O) groups excluding carboxylic acids is 1. The van der Waals surface area contributed by atoms with Crippen LogP contribution in [-0.4, -0.2) is 45.7 Å². The number of ether oxygens (including phenoxy) is 1. The molecule has 0 radical (unpaired) electrons. The molecule has 8 heteroatoms. The maximum Gasteiger partial charge on any atom is 0.429 e. The van der Waals surface area contributed by atoms with Crippen LogP contribution in [0.25, 0.3) is 0 Å². The number of carbonyl (C=O) groups is 1. The van der Waals surface area contributed by atoms with Crippen molar-refractivity contribution in [1.29, 1.82) is 0 Å². The van der Waals surface area contributed by atoms with Gasteiger partial charge < -0.3 is 14.5 Å². The molecule has 7 nitrogen and oxygen atoms in total. The Kier molecular flexibility index (Phi) is 3.93. The van der Waals surface area contributed by atoms with E-state index in [4.69, 9.17) is 4.74 Å². The molecular weight excluding hydrogens is 200 g/mol. The summed E-state index contributed by atoms with van der Waals surface area (Å²) in [7, 11) is -2.90. The Morgan fingerprint density at radius 1 is 1.38 bits per heavy atom. The third-order valence-electron chi connectivity index (χ3n) is 1.48. The first-order chi connectivity index (χ1) is 6.20. The van der Waals surface area contributed by atoms with Crippen molar-refractivity contribution in [3.05, 3.63) is 0 Å². The van der Waals surface area contributed by atoms with Crippen LogP contribution in [0.3, 0.4) is 0 Å². The molecule has 0 unspecified atom stereocenters. The van der Waals surface area contributed by atoms with E-state index in [0.29, 0.717) is 26.3 Å². The van der Waals surface area contributed by atoms with Gasteiger partial charge in [0.1, 0.15) is 0 Å². The lowest BCUT2D eigenvalue weighted by Crippen LogP contribution is -2.42. The van der Waals surface area contributed by atoms with Crippen molar-refractivity contribution in [2.24, 2.45) is 0 Å². The lowest BCUT2D eigenvalue weighted by atomic mass is 10.5. The second kappa shape index (κ2) is 5.00. The molecule has 13 heavy (non-hydrogen) atoms. The zero-order valence-corrected chi connectivity index (χ0v) is 7.66. The zero-order valence-electron chi connectivity index (χ0n) is 6.76. The van der Waals surface area contributed by atoms with E-state index < -0.39 is 17.0 Å². The van der Waals surface area contributed by atoms with Crippen molar-refractivity contribution >= 4 is 17.0 Å². The Labute approximate surface area is 76.6 Å². The summed E-state index contributed by atoms with van der Waals surface area (Å²) < 4.78 is 25.0. The van der Waals surface area contributed by atoms with E-state index in [9.17, 15) is 13.2 Å². The summed E-state index contributed by atoms with van der Waals surface area (Å²) in [4.78, 5) is 18.2. The third kappa shape index (κ3) is 3.57. The minimum atomic E-state index is -2.90. The van der Waals surface area contributed by atoms with E-state index in [1.807, 2.05) is 0 Å². The number of hydrogen-bond donors (Lipinski definition) is 2. The van der Waals surface area contributed by atoms with Gasteiger partial charge in [-0.1, -0.05) is 0 Å². The van der Waals surface area contributed by atoms with Gasteiger partial charge in [-0.3, -0.25) is 0 Å². The Balaban J connectivity index is 2.29. The second-order valence-electron chi connectivity index (χ2n) is 2.32. The molecule has 0 saturated carbocycles. The minimum Gasteiger partial charge on any atom is -0.378 e. The highest BCUT2D eigenvalue weighted by atomic mass is 32.2. The lowest BCUT2D eigenvalue weighted by molar-refractivity contribution is 0.0208. The second-order valence-corrected chi connectivity index (χ2v) is 3.01. The fourth-order valence-corrected chi connectivity index (χ4v) is 1.04. The van der Waals surface area contributed by atoms with Crippen molar-refractivity contribution in [1.82, 2.24) is 9.79 Å². The summed E-state index contributed by atoms with van der Waals surface area (Å²) in [5.41, 5.74) is 0. The number of nitrogens with zero attached hydrogens (tertiary/aromatic N) is 1. The molecule has 1 rings (SSSR count). The predicted molar refractivity (Wildman–Crippen MR) is 42.3 cm³/mol. The van der Waals surface area contributed by atoms with Gasteiger partial charge in [0.15, 0.2) is 0 Å². The van der Waals surface area contributed by atoms with E-state index in [1.54, 1.807) is 4.89 Å². The molecule has 1 N–H and O–H groups in total. The van der Waals surface area contributed by atoms with Gasteiger partial charge in [0.05, 0.1) is 13.2 Å². The monoisotopic (exact) mass is 210 g/mol. The van der Waals surface area contributed by atoms with Crippen LogP contribution in [0.5, 0.6) is 0 Å². The molecule has 1 amide bonds. The van der Waals surface area contributed by atoms with Crippen molar-refractivity contribution < 1.29 is 22.8 Å². The van der Waals surface area contributed by atoms with Gasteiger partial charge in [-0.15, -0.1) is 0 Å². The van der Waals surface area contributed by atoms with Crippen LogP contribution in [0.2, 0.25) is 0 Å². The van der Waals surface area contributed by atoms with E-state index in [1.165, 1.54) is 4.90 Å². The smallest absolute Gasteiger partial charge is 0.378 e. The maximum absolute atomic E-state index is 11.0. The SMILES string of the molecule is O=C(ON[SH](=O)=O)N1CCOCC1. The molecule has 0 bridgehead atoms. The fourth-order valence-electron chi connectivity index (χ4n) is 0.887. The first kappa shape index (κ1) is 10.2.